The van der Waals surface area contributed by atoms with Crippen molar-refractivity contribution in [2.45, 2.75) is 19.4 Å². The first kappa shape index (κ1) is 13.8. The first-order chi connectivity index (χ1) is 9.26. The van der Waals surface area contributed by atoms with E-state index in [1.807, 2.05) is 0 Å². The van der Waals surface area contributed by atoms with Crippen LogP contribution < -0.4 is 5.73 Å². The van der Waals surface area contributed by atoms with E-state index >= 15 is 0 Å². The van der Waals surface area contributed by atoms with Crippen LogP contribution in [-0.2, 0) is 11.2 Å². The molecule has 0 bridgehead atoms. The summed E-state index contributed by atoms with van der Waals surface area (Å²) in [4.78, 5) is 0. The third-order valence-corrected chi connectivity index (χ3v) is 3.45. The number of methoxy groups -OCH3 is 1. The molecule has 0 unspecified atom stereocenters. The molecular formula is C17H21NO. The summed E-state index contributed by atoms with van der Waals surface area (Å²) >= 11 is 0. The van der Waals surface area contributed by atoms with E-state index in [9.17, 15) is 0 Å². The molecule has 19 heavy (non-hydrogen) atoms. The normalized spacial score (nSPS) is 12.4. The van der Waals surface area contributed by atoms with Gasteiger partial charge in [-0.3, -0.25) is 0 Å². The maximum atomic E-state index is 5.69. The molecule has 2 heteroatoms. The fourth-order valence-electron chi connectivity index (χ4n) is 2.27. The van der Waals surface area contributed by atoms with Gasteiger partial charge < -0.3 is 10.5 Å². The summed E-state index contributed by atoms with van der Waals surface area (Å²) in [5.41, 5.74) is 10.7. The van der Waals surface area contributed by atoms with Crippen LogP contribution in [-0.4, -0.2) is 13.7 Å². The van der Waals surface area contributed by atoms with Gasteiger partial charge in [0.1, 0.15) is 0 Å². The Morgan fingerprint density at radius 3 is 2.63 bits per heavy atom. The molecule has 2 rings (SSSR count). The Hall–Kier alpha value is -1.64. The van der Waals surface area contributed by atoms with Crippen molar-refractivity contribution in [3.05, 3.63) is 59.7 Å². The minimum atomic E-state index is 0.113. The zero-order valence-corrected chi connectivity index (χ0v) is 11.6. The molecule has 2 nitrogen and oxygen atoms in total. The van der Waals surface area contributed by atoms with Crippen LogP contribution in [0.5, 0.6) is 0 Å². The van der Waals surface area contributed by atoms with Crippen LogP contribution in [0, 0.1) is 0 Å². The Bertz CT molecular complexity index is 536. The lowest BCUT2D eigenvalue weighted by Crippen LogP contribution is -2.04. The minimum absolute atomic E-state index is 0.113. The quantitative estimate of drug-likeness (QED) is 0.886. The second-order valence-electron chi connectivity index (χ2n) is 4.70. The first-order valence-corrected chi connectivity index (χ1v) is 6.67. The fraction of sp³-hybridized carbons (Fsp3) is 0.294. The molecule has 0 aliphatic rings. The molecule has 0 radical (unpaired) electrons. The molecule has 2 aromatic rings. The average Bonchev–Trinajstić information content (AvgIpc) is 2.47. The fourth-order valence-corrected chi connectivity index (χ4v) is 2.27. The summed E-state index contributed by atoms with van der Waals surface area (Å²) in [7, 11) is 1.74. The maximum absolute atomic E-state index is 5.69. The monoisotopic (exact) mass is 255 g/mol. The molecule has 0 spiro atoms. The SMILES string of the molecule is CO[C@H](C)c1cccc(-c2ccccc2CCN)c1. The molecule has 0 aliphatic heterocycles. The number of rotatable bonds is 5. The van der Waals surface area contributed by atoms with Crippen LogP contribution in [0.25, 0.3) is 11.1 Å². The van der Waals surface area contributed by atoms with Crippen molar-refractivity contribution in [1.29, 1.82) is 0 Å². The van der Waals surface area contributed by atoms with Crippen molar-refractivity contribution in [2.75, 3.05) is 13.7 Å². The summed E-state index contributed by atoms with van der Waals surface area (Å²) in [5.74, 6) is 0. The highest BCUT2D eigenvalue weighted by molar-refractivity contribution is 5.68. The minimum Gasteiger partial charge on any atom is -0.377 e. The zero-order valence-electron chi connectivity index (χ0n) is 11.6. The molecule has 0 fully saturated rings. The van der Waals surface area contributed by atoms with E-state index in [2.05, 4.69) is 55.5 Å². The molecular weight excluding hydrogens is 234 g/mol. The molecule has 2 aromatic carbocycles. The van der Waals surface area contributed by atoms with E-state index in [1.54, 1.807) is 7.11 Å². The number of ether oxygens (including phenoxy) is 1. The van der Waals surface area contributed by atoms with Gasteiger partial charge in [-0.2, -0.15) is 0 Å². The molecule has 0 saturated heterocycles. The molecule has 0 heterocycles. The third-order valence-electron chi connectivity index (χ3n) is 3.45. The number of hydrogen-bond acceptors (Lipinski definition) is 2. The van der Waals surface area contributed by atoms with Crippen molar-refractivity contribution in [3.63, 3.8) is 0 Å². The Balaban J connectivity index is 2.41. The van der Waals surface area contributed by atoms with Crippen molar-refractivity contribution >= 4 is 0 Å². The van der Waals surface area contributed by atoms with E-state index in [0.29, 0.717) is 6.54 Å². The van der Waals surface area contributed by atoms with E-state index < -0.39 is 0 Å². The molecule has 0 aliphatic carbocycles. The zero-order chi connectivity index (χ0) is 13.7. The predicted molar refractivity (Wildman–Crippen MR) is 80.1 cm³/mol. The van der Waals surface area contributed by atoms with E-state index in [-0.39, 0.29) is 6.10 Å². The Morgan fingerprint density at radius 2 is 1.89 bits per heavy atom. The Kier molecular flexibility index (Phi) is 4.72. The Labute approximate surface area is 115 Å². The summed E-state index contributed by atoms with van der Waals surface area (Å²) in [6.07, 6.45) is 1.02. The molecule has 100 valence electrons. The van der Waals surface area contributed by atoms with Crippen molar-refractivity contribution in [2.24, 2.45) is 5.73 Å². The van der Waals surface area contributed by atoms with E-state index in [0.717, 1.165) is 6.42 Å². The van der Waals surface area contributed by atoms with Gasteiger partial charge in [0.2, 0.25) is 0 Å². The second kappa shape index (κ2) is 6.50. The highest BCUT2D eigenvalue weighted by Crippen LogP contribution is 2.27. The van der Waals surface area contributed by atoms with E-state index in [4.69, 9.17) is 10.5 Å². The van der Waals surface area contributed by atoms with Crippen LogP contribution >= 0.6 is 0 Å². The van der Waals surface area contributed by atoms with Crippen LogP contribution in [0.1, 0.15) is 24.2 Å². The number of hydrogen-bond donors (Lipinski definition) is 1. The first-order valence-electron chi connectivity index (χ1n) is 6.67. The summed E-state index contributed by atoms with van der Waals surface area (Å²) in [5, 5.41) is 0. The largest absolute Gasteiger partial charge is 0.377 e. The van der Waals surface area contributed by atoms with Crippen molar-refractivity contribution in [1.82, 2.24) is 0 Å². The van der Waals surface area contributed by atoms with Crippen LogP contribution in [0.15, 0.2) is 48.5 Å². The summed E-state index contributed by atoms with van der Waals surface area (Å²) < 4.78 is 5.38. The van der Waals surface area contributed by atoms with Crippen LogP contribution in [0.3, 0.4) is 0 Å². The smallest absolute Gasteiger partial charge is 0.0793 e. The predicted octanol–water partition coefficient (Wildman–Crippen LogP) is 3.56. The van der Waals surface area contributed by atoms with Crippen molar-refractivity contribution in [3.8, 4) is 11.1 Å². The molecule has 0 amide bonds. The Morgan fingerprint density at radius 1 is 1.11 bits per heavy atom. The van der Waals surface area contributed by atoms with Gasteiger partial charge in [-0.15, -0.1) is 0 Å². The molecule has 0 aromatic heterocycles. The van der Waals surface area contributed by atoms with E-state index in [1.165, 1.54) is 22.3 Å². The standard InChI is InChI=1S/C17H21NO/c1-13(19-2)15-7-5-8-16(12-15)17-9-4-3-6-14(17)10-11-18/h3-9,12-13H,10-11,18H2,1-2H3/t13-/m1/s1. The van der Waals surface area contributed by atoms with Gasteiger partial charge in [0.25, 0.3) is 0 Å². The second-order valence-corrected chi connectivity index (χ2v) is 4.70. The maximum Gasteiger partial charge on any atom is 0.0793 e. The van der Waals surface area contributed by atoms with Gasteiger partial charge in [-0.05, 0) is 48.2 Å². The van der Waals surface area contributed by atoms with Gasteiger partial charge in [0, 0.05) is 7.11 Å². The number of benzene rings is 2. The summed E-state index contributed by atoms with van der Waals surface area (Å²) in [6, 6.07) is 17.0. The lowest BCUT2D eigenvalue weighted by molar-refractivity contribution is 0.119. The highest BCUT2D eigenvalue weighted by Gasteiger charge is 2.07. The third kappa shape index (κ3) is 3.22. The summed E-state index contributed by atoms with van der Waals surface area (Å²) in [6.45, 7) is 2.73. The van der Waals surface area contributed by atoms with Crippen molar-refractivity contribution < 1.29 is 4.74 Å². The van der Waals surface area contributed by atoms with Gasteiger partial charge in [-0.1, -0.05) is 42.5 Å². The topological polar surface area (TPSA) is 35.2 Å². The van der Waals surface area contributed by atoms with Gasteiger partial charge in [0.05, 0.1) is 6.10 Å². The van der Waals surface area contributed by atoms with Gasteiger partial charge >= 0.3 is 0 Å². The van der Waals surface area contributed by atoms with Gasteiger partial charge in [-0.25, -0.2) is 0 Å². The average molecular weight is 255 g/mol. The van der Waals surface area contributed by atoms with Crippen LogP contribution in [0.4, 0.5) is 0 Å². The number of nitrogens with two attached hydrogens (primary N) is 1. The highest BCUT2D eigenvalue weighted by atomic mass is 16.5. The van der Waals surface area contributed by atoms with Crippen LogP contribution in [0.2, 0.25) is 0 Å². The molecule has 0 saturated carbocycles. The lowest BCUT2D eigenvalue weighted by atomic mass is 9.95. The van der Waals surface area contributed by atoms with Gasteiger partial charge in [0.15, 0.2) is 0 Å². The molecule has 2 N–H and O–H groups in total. The lowest BCUT2D eigenvalue weighted by Gasteiger charge is -2.13. The molecule has 1 atom stereocenters.